The van der Waals surface area contributed by atoms with Crippen LogP contribution in [0, 0.1) is 0 Å². The highest BCUT2D eigenvalue weighted by Crippen LogP contribution is 2.18. The van der Waals surface area contributed by atoms with Crippen molar-refractivity contribution >= 4 is 12.0 Å². The highest BCUT2D eigenvalue weighted by molar-refractivity contribution is 5.87. The zero-order valence-corrected chi connectivity index (χ0v) is 9.77. The Bertz CT molecular complexity index is 381. The van der Waals surface area contributed by atoms with E-state index in [0.717, 1.165) is 11.3 Å². The number of methoxy groups -OCH3 is 1. The Morgan fingerprint density at radius 2 is 2.00 bits per heavy atom. The van der Waals surface area contributed by atoms with Crippen molar-refractivity contribution in [2.45, 2.75) is 20.0 Å². The maximum absolute atomic E-state index is 11.3. The minimum absolute atomic E-state index is 0.102. The molecule has 0 saturated carbocycles. The van der Waals surface area contributed by atoms with Crippen molar-refractivity contribution in [3.8, 4) is 5.75 Å². The molecule has 0 unspecified atom stereocenters. The normalized spacial score (nSPS) is 10.8. The van der Waals surface area contributed by atoms with E-state index in [1.54, 1.807) is 13.2 Å². The fourth-order valence-electron chi connectivity index (χ4n) is 1.23. The van der Waals surface area contributed by atoms with Gasteiger partial charge in [-0.15, -0.1) is 0 Å². The molecule has 0 aromatic heterocycles. The van der Waals surface area contributed by atoms with Crippen molar-refractivity contribution in [2.24, 2.45) is 0 Å². The molecule has 0 aliphatic heterocycles. The molecule has 0 spiro atoms. The zero-order valence-electron chi connectivity index (χ0n) is 9.77. The molecule has 1 aromatic carbocycles. The summed E-state index contributed by atoms with van der Waals surface area (Å²) in [6.45, 7) is 3.63. The van der Waals surface area contributed by atoms with Gasteiger partial charge in [-0.3, -0.25) is 0 Å². The first-order valence-corrected chi connectivity index (χ1v) is 5.15. The molecular formula is C13H16O3. The van der Waals surface area contributed by atoms with Gasteiger partial charge in [-0.1, -0.05) is 18.2 Å². The summed E-state index contributed by atoms with van der Waals surface area (Å²) in [4.78, 5) is 11.3. The molecule has 86 valence electrons. The second-order valence-corrected chi connectivity index (χ2v) is 3.56. The van der Waals surface area contributed by atoms with Crippen molar-refractivity contribution in [2.75, 3.05) is 7.11 Å². The van der Waals surface area contributed by atoms with E-state index in [2.05, 4.69) is 0 Å². The van der Waals surface area contributed by atoms with Gasteiger partial charge < -0.3 is 9.47 Å². The van der Waals surface area contributed by atoms with Crippen LogP contribution in [0.4, 0.5) is 0 Å². The summed E-state index contributed by atoms with van der Waals surface area (Å²) in [5, 5.41) is 0. The van der Waals surface area contributed by atoms with Crippen LogP contribution < -0.4 is 4.74 Å². The Labute approximate surface area is 95.7 Å². The van der Waals surface area contributed by atoms with E-state index >= 15 is 0 Å². The average molecular weight is 220 g/mol. The minimum atomic E-state index is -0.346. The van der Waals surface area contributed by atoms with Crippen LogP contribution in [-0.4, -0.2) is 19.2 Å². The van der Waals surface area contributed by atoms with Gasteiger partial charge in [-0.05, 0) is 26.0 Å². The molecule has 1 aromatic rings. The molecule has 0 fully saturated rings. The monoisotopic (exact) mass is 220 g/mol. The molecule has 0 aliphatic rings. The predicted octanol–water partition coefficient (Wildman–Crippen LogP) is 2.66. The number of hydrogen-bond acceptors (Lipinski definition) is 3. The zero-order chi connectivity index (χ0) is 12.0. The van der Waals surface area contributed by atoms with Gasteiger partial charge in [0.1, 0.15) is 5.75 Å². The standard InChI is InChI=1S/C13H16O3/c1-10(2)16-13(14)9-8-11-6-4-5-7-12(11)15-3/h4-10H,1-3H3/b9-8+. The highest BCUT2D eigenvalue weighted by atomic mass is 16.5. The number of ether oxygens (including phenoxy) is 2. The van der Waals surface area contributed by atoms with Crippen molar-refractivity contribution < 1.29 is 14.3 Å². The smallest absolute Gasteiger partial charge is 0.331 e. The molecule has 3 nitrogen and oxygen atoms in total. The summed E-state index contributed by atoms with van der Waals surface area (Å²) in [6, 6.07) is 7.48. The fourth-order valence-corrected chi connectivity index (χ4v) is 1.23. The summed E-state index contributed by atoms with van der Waals surface area (Å²) in [5.41, 5.74) is 0.853. The van der Waals surface area contributed by atoms with Gasteiger partial charge in [0.25, 0.3) is 0 Å². The fraction of sp³-hybridized carbons (Fsp3) is 0.308. The third kappa shape index (κ3) is 3.77. The van der Waals surface area contributed by atoms with Gasteiger partial charge in [0.05, 0.1) is 13.2 Å². The van der Waals surface area contributed by atoms with Crippen LogP contribution in [0.25, 0.3) is 6.08 Å². The maximum atomic E-state index is 11.3. The summed E-state index contributed by atoms with van der Waals surface area (Å²) >= 11 is 0. The second kappa shape index (κ2) is 5.95. The number of para-hydroxylation sites is 1. The minimum Gasteiger partial charge on any atom is -0.496 e. The lowest BCUT2D eigenvalue weighted by atomic mass is 10.2. The van der Waals surface area contributed by atoms with Gasteiger partial charge in [-0.25, -0.2) is 4.79 Å². The average Bonchev–Trinajstić information content (AvgIpc) is 2.26. The van der Waals surface area contributed by atoms with E-state index in [0.29, 0.717) is 0 Å². The van der Waals surface area contributed by atoms with Crippen LogP contribution >= 0.6 is 0 Å². The second-order valence-electron chi connectivity index (χ2n) is 3.56. The van der Waals surface area contributed by atoms with E-state index in [4.69, 9.17) is 9.47 Å². The highest BCUT2D eigenvalue weighted by Gasteiger charge is 2.01. The third-order valence-corrected chi connectivity index (χ3v) is 1.89. The van der Waals surface area contributed by atoms with E-state index < -0.39 is 0 Å². The molecule has 0 N–H and O–H groups in total. The maximum Gasteiger partial charge on any atom is 0.331 e. The Kier molecular flexibility index (Phi) is 4.58. The van der Waals surface area contributed by atoms with Gasteiger partial charge in [0.2, 0.25) is 0 Å². The third-order valence-electron chi connectivity index (χ3n) is 1.89. The summed E-state index contributed by atoms with van der Waals surface area (Å²) in [6.07, 6.45) is 2.98. The van der Waals surface area contributed by atoms with Gasteiger partial charge in [0, 0.05) is 11.6 Å². The lowest BCUT2D eigenvalue weighted by Gasteiger charge is -2.05. The molecule has 0 radical (unpaired) electrons. The van der Waals surface area contributed by atoms with Crippen molar-refractivity contribution in [3.63, 3.8) is 0 Å². The van der Waals surface area contributed by atoms with Crippen LogP contribution in [0.15, 0.2) is 30.3 Å². The van der Waals surface area contributed by atoms with E-state index in [1.165, 1.54) is 6.08 Å². The molecule has 0 aliphatic carbocycles. The van der Waals surface area contributed by atoms with Gasteiger partial charge >= 0.3 is 5.97 Å². The van der Waals surface area contributed by atoms with Crippen LogP contribution in [0.2, 0.25) is 0 Å². The number of carbonyl (C=O) groups is 1. The molecule has 16 heavy (non-hydrogen) atoms. The first-order chi connectivity index (χ1) is 7.63. The lowest BCUT2D eigenvalue weighted by molar-refractivity contribution is -0.141. The molecule has 0 atom stereocenters. The first-order valence-electron chi connectivity index (χ1n) is 5.15. The Hall–Kier alpha value is -1.77. The lowest BCUT2D eigenvalue weighted by Crippen LogP contribution is -2.08. The number of rotatable bonds is 4. The van der Waals surface area contributed by atoms with E-state index in [-0.39, 0.29) is 12.1 Å². The van der Waals surface area contributed by atoms with Gasteiger partial charge in [0.15, 0.2) is 0 Å². The van der Waals surface area contributed by atoms with Gasteiger partial charge in [-0.2, -0.15) is 0 Å². The van der Waals surface area contributed by atoms with Crippen molar-refractivity contribution in [3.05, 3.63) is 35.9 Å². The largest absolute Gasteiger partial charge is 0.496 e. The molecule has 1 rings (SSSR count). The van der Waals surface area contributed by atoms with Crippen LogP contribution in [0.1, 0.15) is 19.4 Å². The van der Waals surface area contributed by atoms with Crippen LogP contribution in [-0.2, 0) is 9.53 Å². The molecule has 0 amide bonds. The number of carbonyl (C=O) groups excluding carboxylic acids is 1. The molecule has 0 heterocycles. The van der Waals surface area contributed by atoms with Crippen LogP contribution in [0.5, 0.6) is 5.75 Å². The Morgan fingerprint density at radius 3 is 2.62 bits per heavy atom. The number of benzene rings is 1. The predicted molar refractivity (Wildman–Crippen MR) is 63.3 cm³/mol. The Morgan fingerprint density at radius 1 is 1.31 bits per heavy atom. The quantitative estimate of drug-likeness (QED) is 0.578. The summed E-state index contributed by atoms with van der Waals surface area (Å²) in [7, 11) is 1.60. The summed E-state index contributed by atoms with van der Waals surface area (Å²) in [5.74, 6) is 0.386. The van der Waals surface area contributed by atoms with Crippen LogP contribution in [0.3, 0.4) is 0 Å². The Balaban J connectivity index is 2.72. The van der Waals surface area contributed by atoms with Crippen molar-refractivity contribution in [1.29, 1.82) is 0 Å². The summed E-state index contributed by atoms with van der Waals surface area (Å²) < 4.78 is 10.1. The molecule has 0 bridgehead atoms. The van der Waals surface area contributed by atoms with Crippen molar-refractivity contribution in [1.82, 2.24) is 0 Å². The number of esters is 1. The van der Waals surface area contributed by atoms with E-state index in [1.807, 2.05) is 38.1 Å². The van der Waals surface area contributed by atoms with E-state index in [9.17, 15) is 4.79 Å². The number of hydrogen-bond donors (Lipinski definition) is 0. The topological polar surface area (TPSA) is 35.5 Å². The SMILES string of the molecule is COc1ccccc1/C=C/C(=O)OC(C)C. The first kappa shape index (κ1) is 12.3. The molecule has 3 heteroatoms. The molecular weight excluding hydrogens is 204 g/mol. The molecule has 0 saturated heterocycles.